The number of rotatable bonds is 6. The molecular weight excluding hydrogens is 616 g/mol. The van der Waals surface area contributed by atoms with Crippen molar-refractivity contribution in [2.24, 2.45) is 9.98 Å². The van der Waals surface area contributed by atoms with E-state index in [2.05, 4.69) is 111 Å². The zero-order valence-electron chi connectivity index (χ0n) is 28.9. The van der Waals surface area contributed by atoms with Crippen LogP contribution in [0.5, 0.6) is 0 Å². The number of benzene rings is 5. The summed E-state index contributed by atoms with van der Waals surface area (Å²) in [7, 11) is 0. The Kier molecular flexibility index (Phi) is 7.79. The van der Waals surface area contributed by atoms with Gasteiger partial charge >= 0.3 is 0 Å². The molecular formula is C45H39FN4. The van der Waals surface area contributed by atoms with Crippen molar-refractivity contribution in [2.75, 3.05) is 0 Å². The fourth-order valence-corrected chi connectivity index (χ4v) is 7.89. The second-order valence-corrected chi connectivity index (χ2v) is 14.6. The number of hydrogen-bond acceptors (Lipinski definition) is 2. The van der Waals surface area contributed by atoms with Gasteiger partial charge in [-0.3, -0.25) is 9.98 Å². The van der Waals surface area contributed by atoms with Crippen molar-refractivity contribution < 1.29 is 4.39 Å². The number of para-hydroxylation sites is 2. The summed E-state index contributed by atoms with van der Waals surface area (Å²) in [6.07, 6.45) is 4.39. The minimum absolute atomic E-state index is 0.0426. The first-order valence-electron chi connectivity index (χ1n) is 17.2. The predicted octanol–water partition coefficient (Wildman–Crippen LogP) is 11.0. The van der Waals surface area contributed by atoms with Crippen LogP contribution in [0, 0.1) is 5.82 Å². The third kappa shape index (κ3) is 5.73. The first kappa shape index (κ1) is 31.6. The van der Waals surface area contributed by atoms with E-state index >= 15 is 4.39 Å². The molecule has 0 radical (unpaired) electrons. The van der Waals surface area contributed by atoms with Crippen molar-refractivity contribution in [1.29, 1.82) is 0 Å². The Bertz CT molecular complexity index is 2380. The molecule has 0 spiro atoms. The van der Waals surface area contributed by atoms with Gasteiger partial charge in [-0.15, -0.1) is 0 Å². The van der Waals surface area contributed by atoms with Crippen LogP contribution in [-0.2, 0) is 17.4 Å². The average Bonchev–Trinajstić information content (AvgIpc) is 3.55. The topological polar surface area (TPSA) is 42.5 Å². The molecule has 4 nitrogen and oxygen atoms in total. The van der Waals surface area contributed by atoms with Gasteiger partial charge in [0.15, 0.2) is 5.84 Å². The predicted molar refractivity (Wildman–Crippen MR) is 205 cm³/mol. The Balaban J connectivity index is 1.12. The van der Waals surface area contributed by atoms with Crippen molar-refractivity contribution in [1.82, 2.24) is 9.55 Å². The van der Waals surface area contributed by atoms with Crippen molar-refractivity contribution in [3.63, 3.8) is 0 Å². The molecule has 0 amide bonds. The third-order valence-corrected chi connectivity index (χ3v) is 10.1. The highest BCUT2D eigenvalue weighted by Gasteiger charge is 2.41. The number of aromatic nitrogens is 2. The van der Waals surface area contributed by atoms with Gasteiger partial charge in [0, 0.05) is 40.5 Å². The molecule has 2 heterocycles. The summed E-state index contributed by atoms with van der Waals surface area (Å²) in [5.74, 6) is -0.102. The van der Waals surface area contributed by atoms with Crippen LogP contribution in [0.2, 0.25) is 0 Å². The molecule has 5 aromatic carbocycles. The molecule has 0 aliphatic heterocycles. The number of pyridine rings is 1. The molecule has 8 rings (SSSR count). The Morgan fingerprint density at radius 3 is 2.06 bits per heavy atom. The summed E-state index contributed by atoms with van der Waals surface area (Å²) in [4.78, 5) is 14.3. The van der Waals surface area contributed by atoms with Crippen LogP contribution in [0.15, 0.2) is 144 Å². The Morgan fingerprint density at radius 2 is 1.38 bits per heavy atom. The summed E-state index contributed by atoms with van der Waals surface area (Å²) in [5.41, 5.74) is 9.87. The molecule has 2 aromatic heterocycles. The fraction of sp³-hybridized carbons (Fsp3) is 0.178. The number of aliphatic imine (C=N–C) groups is 2. The van der Waals surface area contributed by atoms with Gasteiger partial charge in [0.25, 0.3) is 0 Å². The van der Waals surface area contributed by atoms with E-state index < -0.39 is 5.82 Å². The van der Waals surface area contributed by atoms with Gasteiger partial charge < -0.3 is 4.57 Å². The summed E-state index contributed by atoms with van der Waals surface area (Å²) < 4.78 is 18.3. The third-order valence-electron chi connectivity index (χ3n) is 10.1. The van der Waals surface area contributed by atoms with Crippen LogP contribution in [0.1, 0.15) is 61.9 Å². The molecule has 0 fully saturated rings. The number of amidine groups is 1. The van der Waals surface area contributed by atoms with Gasteiger partial charge in [0.1, 0.15) is 5.82 Å². The minimum atomic E-state index is -0.402. The van der Waals surface area contributed by atoms with Gasteiger partial charge in [-0.2, -0.15) is 0 Å². The molecule has 0 atom stereocenters. The number of nitrogens with zero attached hydrogens (tertiary/aromatic N) is 4. The van der Waals surface area contributed by atoms with E-state index in [1.165, 1.54) is 28.0 Å². The minimum Gasteiger partial charge on any atom is -0.309 e. The molecule has 246 valence electrons. The van der Waals surface area contributed by atoms with Crippen LogP contribution in [0.4, 0.5) is 4.39 Å². The second-order valence-electron chi connectivity index (χ2n) is 14.6. The first-order chi connectivity index (χ1) is 24.2. The van der Waals surface area contributed by atoms with Crippen LogP contribution in [-0.4, -0.2) is 21.6 Å². The maximum atomic E-state index is 16.1. The van der Waals surface area contributed by atoms with E-state index in [-0.39, 0.29) is 16.4 Å². The molecule has 0 saturated heterocycles. The van der Waals surface area contributed by atoms with E-state index in [1.807, 2.05) is 42.5 Å². The highest BCUT2D eigenvalue weighted by Crippen LogP contribution is 2.50. The Morgan fingerprint density at radius 1 is 0.740 bits per heavy atom. The molecule has 0 N–H and O–H groups in total. The SMILES string of the molecule is CC1(C)CC(C)(C)c2cc(-c3cc(F)c(C(=N/Cc4ccccc4)/N=C/c4ccc(-n5c6ccccc6c6ccccc65)cc4)cn3)ccc21. The highest BCUT2D eigenvalue weighted by atomic mass is 19.1. The second kappa shape index (κ2) is 12.3. The van der Waals surface area contributed by atoms with Gasteiger partial charge in [-0.1, -0.05) is 119 Å². The van der Waals surface area contributed by atoms with Gasteiger partial charge in [-0.25, -0.2) is 9.38 Å². The van der Waals surface area contributed by atoms with Crippen molar-refractivity contribution in [2.45, 2.75) is 51.5 Å². The van der Waals surface area contributed by atoms with Crippen LogP contribution >= 0.6 is 0 Å². The fourth-order valence-electron chi connectivity index (χ4n) is 7.89. The highest BCUT2D eigenvalue weighted by molar-refractivity contribution is 6.09. The van der Waals surface area contributed by atoms with Crippen molar-refractivity contribution in [3.05, 3.63) is 167 Å². The van der Waals surface area contributed by atoms with Crippen LogP contribution in [0.3, 0.4) is 0 Å². The number of fused-ring (bicyclic) bond motifs is 4. The Labute approximate surface area is 292 Å². The monoisotopic (exact) mass is 654 g/mol. The van der Waals surface area contributed by atoms with E-state index in [0.29, 0.717) is 18.1 Å². The van der Waals surface area contributed by atoms with Crippen LogP contribution < -0.4 is 0 Å². The molecule has 50 heavy (non-hydrogen) atoms. The lowest BCUT2D eigenvalue weighted by Crippen LogP contribution is -2.17. The zero-order chi connectivity index (χ0) is 34.5. The molecule has 0 bridgehead atoms. The average molecular weight is 655 g/mol. The summed E-state index contributed by atoms with van der Waals surface area (Å²) in [6.45, 7) is 9.53. The normalized spacial score (nSPS) is 15.3. The van der Waals surface area contributed by atoms with E-state index in [4.69, 9.17) is 15.0 Å². The number of hydrogen-bond donors (Lipinski definition) is 0. The summed E-state index contributed by atoms with van der Waals surface area (Å²) in [5, 5.41) is 2.44. The van der Waals surface area contributed by atoms with Gasteiger partial charge in [0.2, 0.25) is 0 Å². The maximum absolute atomic E-state index is 16.1. The van der Waals surface area contributed by atoms with E-state index in [1.54, 1.807) is 12.4 Å². The maximum Gasteiger partial charge on any atom is 0.159 e. The summed E-state index contributed by atoms with van der Waals surface area (Å²) >= 11 is 0. The Hall–Kier alpha value is -5.68. The van der Waals surface area contributed by atoms with Crippen molar-refractivity contribution in [3.8, 4) is 16.9 Å². The first-order valence-corrected chi connectivity index (χ1v) is 17.2. The van der Waals surface area contributed by atoms with Gasteiger partial charge in [-0.05, 0) is 69.8 Å². The molecule has 1 aliphatic carbocycles. The lowest BCUT2D eigenvalue weighted by Gasteiger charge is -2.22. The lowest BCUT2D eigenvalue weighted by atomic mass is 9.82. The number of halogens is 1. The molecule has 5 heteroatoms. The lowest BCUT2D eigenvalue weighted by molar-refractivity contribution is 0.403. The molecule has 0 saturated carbocycles. The molecule has 1 aliphatic rings. The molecule has 7 aromatic rings. The van der Waals surface area contributed by atoms with Gasteiger partial charge in [0.05, 0.1) is 28.8 Å². The van der Waals surface area contributed by atoms with Crippen LogP contribution in [0.25, 0.3) is 38.8 Å². The van der Waals surface area contributed by atoms with Crippen molar-refractivity contribution >= 4 is 33.9 Å². The standard InChI is InChI=1S/C45H39FN4/c1-44(2)29-45(3,4)38-24-32(20-23-37(38)44)40-25-39(46)36(28-47-40)43(48-26-30-12-6-5-7-13-30)49-27-31-18-21-33(22-19-31)50-41-16-10-8-14-34(41)35-15-9-11-17-42(35)50/h5-25,27-28H,26,29H2,1-4H3/b48-43-,49-27+. The summed E-state index contributed by atoms with van der Waals surface area (Å²) in [6, 6.07) is 43.1. The quantitative estimate of drug-likeness (QED) is 0.130. The van der Waals surface area contributed by atoms with E-state index in [9.17, 15) is 0 Å². The van der Waals surface area contributed by atoms with E-state index in [0.717, 1.165) is 39.8 Å². The smallest absolute Gasteiger partial charge is 0.159 e. The largest absolute Gasteiger partial charge is 0.309 e. The zero-order valence-corrected chi connectivity index (χ0v) is 28.9. The molecule has 0 unspecified atom stereocenters.